The minimum Gasteiger partial charge on any atom is -0.366 e. The molecule has 2 aromatic carbocycles. The summed E-state index contributed by atoms with van der Waals surface area (Å²) in [6, 6.07) is 17.5. The molecule has 1 amide bonds. The van der Waals surface area contributed by atoms with E-state index in [1.54, 1.807) is 48.5 Å². The Balaban J connectivity index is 0.000000180. The smallest absolute Gasteiger partial charge is 0.252 e. The molecule has 18 heavy (non-hydrogen) atoms. The number of primary amides is 1. The number of carbonyl (C=O) groups excluding carboxylic acids is 2. The summed E-state index contributed by atoms with van der Waals surface area (Å²) < 4.78 is 0. The summed E-state index contributed by atoms with van der Waals surface area (Å²) in [5.41, 5.74) is 6.07. The molecule has 4 heteroatoms. The highest BCUT2D eigenvalue weighted by molar-refractivity contribution is 6.67. The number of nitrogens with two attached hydrogens (primary N) is 1. The Morgan fingerprint density at radius 2 is 1.17 bits per heavy atom. The van der Waals surface area contributed by atoms with E-state index in [0.29, 0.717) is 11.1 Å². The molecule has 0 radical (unpaired) electrons. The van der Waals surface area contributed by atoms with E-state index < -0.39 is 5.24 Å². The van der Waals surface area contributed by atoms with Crippen molar-refractivity contribution < 1.29 is 9.59 Å². The average molecular weight is 262 g/mol. The van der Waals surface area contributed by atoms with Crippen LogP contribution in [0.3, 0.4) is 0 Å². The van der Waals surface area contributed by atoms with Gasteiger partial charge in [-0.05, 0) is 23.7 Å². The summed E-state index contributed by atoms with van der Waals surface area (Å²) in [4.78, 5) is 20.8. The third-order valence-electron chi connectivity index (χ3n) is 2.06. The minimum atomic E-state index is -0.407. The predicted octanol–water partition coefficient (Wildman–Crippen LogP) is 2.85. The van der Waals surface area contributed by atoms with Gasteiger partial charge in [0.2, 0.25) is 5.91 Å². The van der Waals surface area contributed by atoms with Crippen LogP contribution in [-0.2, 0) is 0 Å². The average Bonchev–Trinajstić information content (AvgIpc) is 2.41. The van der Waals surface area contributed by atoms with Crippen molar-refractivity contribution in [2.75, 3.05) is 0 Å². The van der Waals surface area contributed by atoms with Crippen LogP contribution in [0.1, 0.15) is 20.7 Å². The largest absolute Gasteiger partial charge is 0.366 e. The molecule has 0 aliphatic rings. The Hall–Kier alpha value is -2.13. The predicted molar refractivity (Wildman–Crippen MR) is 71.6 cm³/mol. The fourth-order valence-electron chi connectivity index (χ4n) is 1.17. The van der Waals surface area contributed by atoms with Crippen molar-refractivity contribution in [2.45, 2.75) is 0 Å². The standard InChI is InChI=1S/C7H5ClO.C7H7NO/c2*8-7(9)6-4-2-1-3-5-6/h1-5H;1-5H,(H2,8,9). The highest BCUT2D eigenvalue weighted by atomic mass is 35.5. The highest BCUT2D eigenvalue weighted by Gasteiger charge is 1.96. The SMILES string of the molecule is NC(=O)c1ccccc1.O=C(Cl)c1ccccc1. The summed E-state index contributed by atoms with van der Waals surface area (Å²) in [6.45, 7) is 0. The van der Waals surface area contributed by atoms with Gasteiger partial charge in [-0.1, -0.05) is 48.5 Å². The van der Waals surface area contributed by atoms with Crippen LogP contribution in [0.25, 0.3) is 0 Å². The highest BCUT2D eigenvalue weighted by Crippen LogP contribution is 2.01. The maximum Gasteiger partial charge on any atom is 0.252 e. The number of amides is 1. The molecule has 2 N–H and O–H groups in total. The molecule has 2 aromatic rings. The molecular weight excluding hydrogens is 250 g/mol. The molecule has 0 aliphatic carbocycles. The third kappa shape index (κ3) is 4.80. The Kier molecular flexibility index (Phi) is 5.61. The van der Waals surface area contributed by atoms with Crippen molar-refractivity contribution in [3.63, 3.8) is 0 Å². The van der Waals surface area contributed by atoms with Gasteiger partial charge in [0.05, 0.1) is 0 Å². The lowest BCUT2D eigenvalue weighted by Gasteiger charge is -1.89. The van der Waals surface area contributed by atoms with Gasteiger partial charge in [0.1, 0.15) is 0 Å². The fraction of sp³-hybridized carbons (Fsp3) is 0. The number of benzene rings is 2. The number of hydrogen-bond donors (Lipinski definition) is 1. The topological polar surface area (TPSA) is 60.2 Å². The number of carbonyl (C=O) groups is 2. The first-order valence-corrected chi connectivity index (χ1v) is 5.59. The lowest BCUT2D eigenvalue weighted by Crippen LogP contribution is -2.09. The van der Waals surface area contributed by atoms with E-state index in [9.17, 15) is 9.59 Å². The first-order valence-electron chi connectivity index (χ1n) is 5.21. The maximum atomic E-state index is 10.4. The zero-order chi connectivity index (χ0) is 13.4. The van der Waals surface area contributed by atoms with Crippen LogP contribution in [0.15, 0.2) is 60.7 Å². The second-order valence-corrected chi connectivity index (χ2v) is 3.71. The fourth-order valence-corrected chi connectivity index (χ4v) is 1.30. The quantitative estimate of drug-likeness (QED) is 0.845. The molecule has 0 saturated carbocycles. The van der Waals surface area contributed by atoms with Crippen molar-refractivity contribution in [3.8, 4) is 0 Å². The van der Waals surface area contributed by atoms with Crippen LogP contribution >= 0.6 is 11.6 Å². The van der Waals surface area contributed by atoms with E-state index in [0.717, 1.165) is 0 Å². The molecule has 2 rings (SSSR count). The number of hydrogen-bond acceptors (Lipinski definition) is 2. The summed E-state index contributed by atoms with van der Waals surface area (Å²) in [6.07, 6.45) is 0. The second kappa shape index (κ2) is 7.25. The molecule has 0 fully saturated rings. The molecule has 0 spiro atoms. The van der Waals surface area contributed by atoms with E-state index in [1.807, 2.05) is 12.1 Å². The van der Waals surface area contributed by atoms with Gasteiger partial charge in [-0.25, -0.2) is 0 Å². The van der Waals surface area contributed by atoms with Gasteiger partial charge in [0.25, 0.3) is 5.24 Å². The van der Waals surface area contributed by atoms with Crippen LogP contribution < -0.4 is 5.73 Å². The number of halogens is 1. The summed E-state index contributed by atoms with van der Waals surface area (Å²) in [5, 5.41) is -0.407. The van der Waals surface area contributed by atoms with E-state index in [2.05, 4.69) is 0 Å². The maximum absolute atomic E-state index is 10.4. The Morgan fingerprint density at radius 3 is 1.39 bits per heavy atom. The lowest BCUT2D eigenvalue weighted by molar-refractivity contribution is 0.0999. The van der Waals surface area contributed by atoms with E-state index in [4.69, 9.17) is 17.3 Å². The zero-order valence-corrected chi connectivity index (χ0v) is 10.3. The molecule has 3 nitrogen and oxygen atoms in total. The van der Waals surface area contributed by atoms with Crippen molar-refractivity contribution in [1.82, 2.24) is 0 Å². The van der Waals surface area contributed by atoms with E-state index in [-0.39, 0.29) is 5.91 Å². The lowest BCUT2D eigenvalue weighted by atomic mass is 10.2. The van der Waals surface area contributed by atoms with Crippen LogP contribution in [0.4, 0.5) is 0 Å². The van der Waals surface area contributed by atoms with Crippen molar-refractivity contribution >= 4 is 22.8 Å². The Morgan fingerprint density at radius 1 is 0.778 bits per heavy atom. The molecule has 0 bridgehead atoms. The van der Waals surface area contributed by atoms with Crippen LogP contribution in [0, 0.1) is 0 Å². The number of rotatable bonds is 2. The van der Waals surface area contributed by atoms with E-state index >= 15 is 0 Å². The van der Waals surface area contributed by atoms with Gasteiger partial charge in [0, 0.05) is 11.1 Å². The molecule has 0 unspecified atom stereocenters. The van der Waals surface area contributed by atoms with Crippen molar-refractivity contribution in [1.29, 1.82) is 0 Å². The molecule has 0 aromatic heterocycles. The van der Waals surface area contributed by atoms with Gasteiger partial charge in [-0.15, -0.1) is 0 Å². The van der Waals surface area contributed by atoms with Crippen LogP contribution in [0.5, 0.6) is 0 Å². The van der Waals surface area contributed by atoms with E-state index in [1.165, 1.54) is 0 Å². The minimum absolute atomic E-state index is 0.379. The van der Waals surface area contributed by atoms with Gasteiger partial charge in [-0.2, -0.15) is 0 Å². The third-order valence-corrected chi connectivity index (χ3v) is 2.28. The van der Waals surface area contributed by atoms with Crippen LogP contribution in [0.2, 0.25) is 0 Å². The summed E-state index contributed by atoms with van der Waals surface area (Å²) in [7, 11) is 0. The van der Waals surface area contributed by atoms with Gasteiger partial charge >= 0.3 is 0 Å². The summed E-state index contributed by atoms with van der Waals surface area (Å²) >= 11 is 5.16. The first-order chi connectivity index (χ1) is 8.61. The second-order valence-electron chi connectivity index (χ2n) is 3.37. The molecule has 0 atom stereocenters. The normalized spacial score (nSPS) is 8.94. The molecule has 0 heterocycles. The Bertz CT molecular complexity index is 462. The van der Waals surface area contributed by atoms with Crippen molar-refractivity contribution in [3.05, 3.63) is 71.8 Å². The molecule has 0 saturated heterocycles. The molecule has 92 valence electrons. The van der Waals surface area contributed by atoms with Gasteiger partial charge in [-0.3, -0.25) is 9.59 Å². The first kappa shape index (κ1) is 13.9. The van der Waals surface area contributed by atoms with Crippen molar-refractivity contribution in [2.24, 2.45) is 5.73 Å². The van der Waals surface area contributed by atoms with Gasteiger partial charge in [0.15, 0.2) is 0 Å². The molecular formula is C14H12ClNO2. The van der Waals surface area contributed by atoms with Gasteiger partial charge < -0.3 is 5.73 Å². The summed E-state index contributed by atoms with van der Waals surface area (Å²) in [5.74, 6) is -0.379. The van der Waals surface area contributed by atoms with Crippen LogP contribution in [-0.4, -0.2) is 11.1 Å². The zero-order valence-electron chi connectivity index (χ0n) is 9.55. The Labute approximate surface area is 110 Å². The molecule has 0 aliphatic heterocycles. The monoisotopic (exact) mass is 261 g/mol.